The van der Waals surface area contributed by atoms with Crippen molar-refractivity contribution in [3.8, 4) is 0 Å². The van der Waals surface area contributed by atoms with Crippen LogP contribution < -0.4 is 5.32 Å². The molecule has 1 aliphatic rings. The Balaban J connectivity index is 1.31. The van der Waals surface area contributed by atoms with Crippen molar-refractivity contribution >= 4 is 27.3 Å². The fraction of sp³-hybridized carbons (Fsp3) is 0.409. The third kappa shape index (κ3) is 4.25. The van der Waals surface area contributed by atoms with Gasteiger partial charge in [0.05, 0.1) is 9.58 Å². The molecule has 4 nitrogen and oxygen atoms in total. The first-order valence-electron chi connectivity index (χ1n) is 9.76. The molecule has 0 atom stereocenters. The number of benzene rings is 1. The molecule has 1 aliphatic heterocycles. The monoisotopic (exact) mass is 381 g/mol. The van der Waals surface area contributed by atoms with E-state index in [0.717, 1.165) is 42.7 Å². The van der Waals surface area contributed by atoms with Crippen molar-refractivity contribution in [2.24, 2.45) is 0 Å². The van der Waals surface area contributed by atoms with Crippen molar-refractivity contribution in [3.05, 3.63) is 59.2 Å². The molecule has 1 saturated heterocycles. The number of nitrogens with one attached hydrogen (secondary N) is 1. The molecule has 2 aromatic heterocycles. The van der Waals surface area contributed by atoms with Gasteiger partial charge in [-0.3, -0.25) is 9.69 Å². The highest BCUT2D eigenvalue weighted by Gasteiger charge is 2.22. The van der Waals surface area contributed by atoms with E-state index in [1.165, 1.54) is 10.3 Å². The van der Waals surface area contributed by atoms with Gasteiger partial charge in [0.25, 0.3) is 5.91 Å². The fourth-order valence-corrected chi connectivity index (χ4v) is 4.68. The van der Waals surface area contributed by atoms with Crippen LogP contribution in [0.1, 0.15) is 48.0 Å². The van der Waals surface area contributed by atoms with Crippen LogP contribution in [0.4, 0.5) is 0 Å². The molecule has 0 aliphatic carbocycles. The zero-order valence-electron chi connectivity index (χ0n) is 16.0. The molecule has 1 fully saturated rings. The Morgan fingerprint density at radius 1 is 1.19 bits per heavy atom. The van der Waals surface area contributed by atoms with Gasteiger partial charge in [-0.05, 0) is 38.3 Å². The van der Waals surface area contributed by atoms with Crippen LogP contribution in [-0.2, 0) is 6.54 Å². The van der Waals surface area contributed by atoms with Crippen molar-refractivity contribution in [1.82, 2.24) is 14.8 Å². The Bertz CT molecular complexity index is 873. The molecule has 5 heteroatoms. The highest BCUT2D eigenvalue weighted by atomic mass is 32.1. The number of amides is 1. The molecule has 0 spiro atoms. The molecular formula is C22H27N3OS. The molecule has 1 aromatic carbocycles. The minimum Gasteiger partial charge on any atom is -0.350 e. The summed E-state index contributed by atoms with van der Waals surface area (Å²) in [6.07, 6.45) is 6.31. The molecule has 142 valence electrons. The number of rotatable bonds is 5. The second-order valence-electron chi connectivity index (χ2n) is 7.74. The van der Waals surface area contributed by atoms with Crippen LogP contribution in [-0.4, -0.2) is 34.5 Å². The Labute approximate surface area is 164 Å². The van der Waals surface area contributed by atoms with E-state index in [1.807, 2.05) is 6.07 Å². The van der Waals surface area contributed by atoms with Crippen LogP contribution >= 0.6 is 11.3 Å². The van der Waals surface area contributed by atoms with Crippen LogP contribution in [0.15, 0.2) is 48.8 Å². The number of hydrogen-bond donors (Lipinski definition) is 1. The molecule has 27 heavy (non-hydrogen) atoms. The molecular weight excluding hydrogens is 354 g/mol. The molecule has 0 bridgehead atoms. The zero-order valence-corrected chi connectivity index (χ0v) is 16.8. The van der Waals surface area contributed by atoms with Gasteiger partial charge in [-0.1, -0.05) is 30.3 Å². The predicted molar refractivity (Wildman–Crippen MR) is 112 cm³/mol. The Morgan fingerprint density at radius 2 is 1.93 bits per heavy atom. The molecule has 4 rings (SSSR count). The second kappa shape index (κ2) is 7.87. The van der Waals surface area contributed by atoms with E-state index in [0.29, 0.717) is 6.04 Å². The topological polar surface area (TPSA) is 37.3 Å². The predicted octanol–water partition coefficient (Wildman–Crippen LogP) is 4.68. The number of fused-ring (bicyclic) bond motifs is 1. The van der Waals surface area contributed by atoms with Crippen LogP contribution in [0.5, 0.6) is 0 Å². The minimum absolute atomic E-state index is 0.0776. The molecule has 3 aromatic rings. The first kappa shape index (κ1) is 18.3. The zero-order chi connectivity index (χ0) is 18.8. The maximum Gasteiger partial charge on any atom is 0.261 e. The number of aromatic nitrogens is 1. The third-order valence-corrected chi connectivity index (χ3v) is 6.42. The SMILES string of the molecule is CC(C)n1cc2cc(C(=O)NC3CCN(Cc4ccccc4)CC3)sc2c1. The summed E-state index contributed by atoms with van der Waals surface area (Å²) in [5.74, 6) is 0.0776. The lowest BCUT2D eigenvalue weighted by atomic mass is 10.0. The van der Waals surface area contributed by atoms with E-state index in [1.54, 1.807) is 11.3 Å². The summed E-state index contributed by atoms with van der Waals surface area (Å²) in [5, 5.41) is 4.41. The lowest BCUT2D eigenvalue weighted by Gasteiger charge is -2.32. The lowest BCUT2D eigenvalue weighted by molar-refractivity contribution is 0.0913. The molecule has 0 radical (unpaired) electrons. The second-order valence-corrected chi connectivity index (χ2v) is 8.82. The molecule has 0 unspecified atom stereocenters. The van der Waals surface area contributed by atoms with Crippen LogP contribution in [0.25, 0.3) is 10.1 Å². The van der Waals surface area contributed by atoms with E-state index in [9.17, 15) is 4.79 Å². The van der Waals surface area contributed by atoms with Gasteiger partial charge in [-0.15, -0.1) is 11.3 Å². The van der Waals surface area contributed by atoms with Crippen LogP contribution in [0.3, 0.4) is 0 Å². The van der Waals surface area contributed by atoms with Crippen molar-refractivity contribution in [1.29, 1.82) is 0 Å². The summed E-state index contributed by atoms with van der Waals surface area (Å²) in [6, 6.07) is 13.4. The van der Waals surface area contributed by atoms with Crippen molar-refractivity contribution in [2.45, 2.75) is 45.3 Å². The quantitative estimate of drug-likeness (QED) is 0.697. The first-order chi connectivity index (χ1) is 13.1. The maximum atomic E-state index is 12.7. The van der Waals surface area contributed by atoms with Gasteiger partial charge in [-0.25, -0.2) is 0 Å². The normalized spacial score (nSPS) is 16.3. The summed E-state index contributed by atoms with van der Waals surface area (Å²) in [6.45, 7) is 7.40. The van der Waals surface area contributed by atoms with Crippen LogP contribution in [0.2, 0.25) is 0 Å². The summed E-state index contributed by atoms with van der Waals surface area (Å²) >= 11 is 1.59. The lowest BCUT2D eigenvalue weighted by Crippen LogP contribution is -2.44. The molecule has 1 N–H and O–H groups in total. The average Bonchev–Trinajstić information content (AvgIpc) is 3.23. The van der Waals surface area contributed by atoms with E-state index in [2.05, 4.69) is 71.4 Å². The van der Waals surface area contributed by atoms with Gasteiger partial charge in [0, 0.05) is 49.5 Å². The van der Waals surface area contributed by atoms with Crippen molar-refractivity contribution in [2.75, 3.05) is 13.1 Å². The number of piperidine rings is 1. The van der Waals surface area contributed by atoms with E-state index < -0.39 is 0 Å². The number of thiophene rings is 1. The smallest absolute Gasteiger partial charge is 0.261 e. The van der Waals surface area contributed by atoms with Gasteiger partial charge in [0.1, 0.15) is 0 Å². The van der Waals surface area contributed by atoms with E-state index >= 15 is 0 Å². The van der Waals surface area contributed by atoms with E-state index in [-0.39, 0.29) is 11.9 Å². The number of carbonyl (C=O) groups is 1. The van der Waals surface area contributed by atoms with Gasteiger partial charge < -0.3 is 9.88 Å². The minimum atomic E-state index is 0.0776. The van der Waals surface area contributed by atoms with Crippen LogP contribution in [0, 0.1) is 0 Å². The standard InChI is InChI=1S/C22H27N3OS/c1-16(2)25-14-18-12-20(27-21(18)15-25)22(26)23-19-8-10-24(11-9-19)13-17-6-4-3-5-7-17/h3-7,12,14-16,19H,8-11,13H2,1-2H3,(H,23,26). The molecule has 0 saturated carbocycles. The summed E-state index contributed by atoms with van der Waals surface area (Å²) in [4.78, 5) is 15.9. The van der Waals surface area contributed by atoms with Gasteiger partial charge >= 0.3 is 0 Å². The van der Waals surface area contributed by atoms with Gasteiger partial charge in [0.15, 0.2) is 0 Å². The summed E-state index contributed by atoms with van der Waals surface area (Å²) in [5.41, 5.74) is 1.36. The highest BCUT2D eigenvalue weighted by molar-refractivity contribution is 7.20. The third-order valence-electron chi connectivity index (χ3n) is 5.34. The van der Waals surface area contributed by atoms with E-state index in [4.69, 9.17) is 0 Å². The molecule has 3 heterocycles. The molecule has 1 amide bonds. The Hall–Kier alpha value is -2.11. The first-order valence-corrected chi connectivity index (χ1v) is 10.6. The highest BCUT2D eigenvalue weighted by Crippen LogP contribution is 2.28. The Kier molecular flexibility index (Phi) is 5.32. The number of likely N-dealkylation sites (tertiary alicyclic amines) is 1. The van der Waals surface area contributed by atoms with Gasteiger partial charge in [0.2, 0.25) is 0 Å². The number of carbonyl (C=O) groups excluding carboxylic acids is 1. The summed E-state index contributed by atoms with van der Waals surface area (Å²) < 4.78 is 3.39. The number of nitrogens with zero attached hydrogens (tertiary/aromatic N) is 2. The van der Waals surface area contributed by atoms with Crippen molar-refractivity contribution in [3.63, 3.8) is 0 Å². The van der Waals surface area contributed by atoms with Gasteiger partial charge in [-0.2, -0.15) is 0 Å². The number of hydrogen-bond acceptors (Lipinski definition) is 3. The van der Waals surface area contributed by atoms with Crippen molar-refractivity contribution < 1.29 is 4.79 Å². The summed E-state index contributed by atoms with van der Waals surface area (Å²) in [7, 11) is 0. The average molecular weight is 382 g/mol. The fourth-order valence-electron chi connectivity index (χ4n) is 3.70. The maximum absolute atomic E-state index is 12.7. The Morgan fingerprint density at radius 3 is 2.59 bits per heavy atom. The largest absolute Gasteiger partial charge is 0.350 e.